The Morgan fingerprint density at radius 1 is 0.889 bits per heavy atom. The van der Waals surface area contributed by atoms with Gasteiger partial charge in [-0.2, -0.15) is 0 Å². The van der Waals surface area contributed by atoms with Crippen molar-refractivity contribution in [2.45, 2.75) is 20.0 Å². The average Bonchev–Trinajstić information content (AvgIpc) is 3.36. The van der Waals surface area contributed by atoms with Crippen LogP contribution in [-0.4, -0.2) is 44.6 Å². The zero-order valence-electron chi connectivity index (χ0n) is 20.0. The normalized spacial score (nSPS) is 12.4. The van der Waals surface area contributed by atoms with E-state index >= 15 is 0 Å². The summed E-state index contributed by atoms with van der Waals surface area (Å²) in [5, 5.41) is 2.70. The van der Waals surface area contributed by atoms with Crippen molar-refractivity contribution in [3.63, 3.8) is 0 Å². The molecule has 1 amide bonds. The van der Waals surface area contributed by atoms with E-state index in [1.807, 2.05) is 37.3 Å². The molecule has 1 aliphatic heterocycles. The number of anilines is 1. The predicted molar refractivity (Wildman–Crippen MR) is 131 cm³/mol. The van der Waals surface area contributed by atoms with Gasteiger partial charge < -0.3 is 33.7 Å². The lowest BCUT2D eigenvalue weighted by atomic mass is 10.2. The number of benzene rings is 3. The smallest absolute Gasteiger partial charge is 0.339 e. The lowest BCUT2D eigenvalue weighted by molar-refractivity contribution is -0.123. The Kier molecular flexibility index (Phi) is 8.12. The Bertz CT molecular complexity index is 1200. The minimum Gasteiger partial charge on any atom is -0.490 e. The summed E-state index contributed by atoms with van der Waals surface area (Å²) in [6.07, 6.45) is -1.04. The largest absolute Gasteiger partial charge is 0.490 e. The van der Waals surface area contributed by atoms with Gasteiger partial charge in [-0.25, -0.2) is 4.79 Å². The third-order valence-electron chi connectivity index (χ3n) is 5.13. The number of rotatable bonds is 11. The zero-order chi connectivity index (χ0) is 25.3. The molecule has 0 spiro atoms. The third-order valence-corrected chi connectivity index (χ3v) is 5.13. The summed E-state index contributed by atoms with van der Waals surface area (Å²) in [5.74, 6) is 1.61. The van der Waals surface area contributed by atoms with Crippen molar-refractivity contribution in [2.75, 3.05) is 31.9 Å². The number of carbonyl (C=O) groups is 2. The van der Waals surface area contributed by atoms with E-state index in [1.165, 1.54) is 13.0 Å². The third kappa shape index (κ3) is 6.38. The Morgan fingerprint density at radius 3 is 2.47 bits per heavy atom. The quantitative estimate of drug-likeness (QED) is 0.309. The molecule has 3 aromatic rings. The van der Waals surface area contributed by atoms with Crippen molar-refractivity contribution in [2.24, 2.45) is 0 Å². The van der Waals surface area contributed by atoms with E-state index in [0.29, 0.717) is 41.9 Å². The highest BCUT2D eigenvalue weighted by Crippen LogP contribution is 2.34. The van der Waals surface area contributed by atoms with Crippen molar-refractivity contribution in [1.29, 1.82) is 0 Å². The molecule has 0 radical (unpaired) electrons. The SMILES string of the molecule is CCOc1cc(C(=O)OC(C)C(=O)Nc2ccc3c(c2)OCO3)ccc1OCCOc1ccccc1. The molecule has 1 N–H and O–H groups in total. The van der Waals surface area contributed by atoms with E-state index in [2.05, 4.69) is 5.32 Å². The standard InChI is InChI=1S/C27H27NO8/c1-3-31-24-15-19(9-11-22(24)33-14-13-32-21-7-5-4-6-8-21)27(30)36-18(2)26(29)28-20-10-12-23-25(16-20)35-17-34-23/h4-12,15-16,18H,3,13-14,17H2,1-2H3,(H,28,29). The monoisotopic (exact) mass is 493 g/mol. The number of para-hydroxylation sites is 1. The molecule has 0 fully saturated rings. The van der Waals surface area contributed by atoms with Gasteiger partial charge in [0, 0.05) is 11.8 Å². The van der Waals surface area contributed by atoms with E-state index in [0.717, 1.165) is 5.75 Å². The first-order valence-electron chi connectivity index (χ1n) is 11.5. The van der Waals surface area contributed by atoms with Gasteiger partial charge >= 0.3 is 5.97 Å². The van der Waals surface area contributed by atoms with Crippen LogP contribution in [0.25, 0.3) is 0 Å². The van der Waals surface area contributed by atoms with Crippen molar-refractivity contribution in [3.8, 4) is 28.7 Å². The average molecular weight is 494 g/mol. The van der Waals surface area contributed by atoms with E-state index < -0.39 is 18.0 Å². The Balaban J connectivity index is 1.32. The maximum absolute atomic E-state index is 12.7. The van der Waals surface area contributed by atoms with Crippen molar-refractivity contribution in [3.05, 3.63) is 72.3 Å². The highest BCUT2D eigenvalue weighted by atomic mass is 16.7. The molecule has 0 bridgehead atoms. The summed E-state index contributed by atoms with van der Waals surface area (Å²) in [6.45, 7) is 4.47. The zero-order valence-corrected chi connectivity index (χ0v) is 20.0. The highest BCUT2D eigenvalue weighted by molar-refractivity contribution is 5.97. The lowest BCUT2D eigenvalue weighted by Gasteiger charge is -2.16. The van der Waals surface area contributed by atoms with Crippen LogP contribution in [0.3, 0.4) is 0 Å². The van der Waals surface area contributed by atoms with Gasteiger partial charge in [-0.05, 0) is 56.3 Å². The number of hydrogen-bond donors (Lipinski definition) is 1. The van der Waals surface area contributed by atoms with Gasteiger partial charge in [0.1, 0.15) is 19.0 Å². The molecule has 4 rings (SSSR count). The summed E-state index contributed by atoms with van der Waals surface area (Å²) in [6, 6.07) is 19.2. The highest BCUT2D eigenvalue weighted by Gasteiger charge is 2.21. The van der Waals surface area contributed by atoms with Crippen LogP contribution in [0.5, 0.6) is 28.7 Å². The summed E-state index contributed by atoms with van der Waals surface area (Å²) < 4.78 is 33.0. The lowest BCUT2D eigenvalue weighted by Crippen LogP contribution is -2.30. The molecule has 1 atom stereocenters. The molecule has 9 heteroatoms. The van der Waals surface area contributed by atoms with Crippen LogP contribution in [0.2, 0.25) is 0 Å². The summed E-state index contributed by atoms with van der Waals surface area (Å²) in [5.41, 5.74) is 0.734. The second-order valence-electron chi connectivity index (χ2n) is 7.71. The second kappa shape index (κ2) is 11.8. The molecule has 0 aromatic heterocycles. The molecule has 1 heterocycles. The predicted octanol–water partition coefficient (Wildman–Crippen LogP) is 4.46. The van der Waals surface area contributed by atoms with Crippen LogP contribution in [0.15, 0.2) is 66.7 Å². The molecule has 0 saturated heterocycles. The Labute approximate surface area is 208 Å². The molecule has 36 heavy (non-hydrogen) atoms. The van der Waals surface area contributed by atoms with Gasteiger partial charge in [-0.3, -0.25) is 4.79 Å². The van der Waals surface area contributed by atoms with Crippen LogP contribution >= 0.6 is 0 Å². The number of amides is 1. The van der Waals surface area contributed by atoms with Crippen molar-refractivity contribution < 1.29 is 38.0 Å². The summed E-state index contributed by atoms with van der Waals surface area (Å²) in [4.78, 5) is 25.2. The molecular weight excluding hydrogens is 466 g/mol. The van der Waals surface area contributed by atoms with Gasteiger partial charge in [-0.1, -0.05) is 18.2 Å². The van der Waals surface area contributed by atoms with Crippen LogP contribution < -0.4 is 29.0 Å². The number of carbonyl (C=O) groups excluding carboxylic acids is 2. The maximum atomic E-state index is 12.7. The summed E-state index contributed by atoms with van der Waals surface area (Å²) in [7, 11) is 0. The van der Waals surface area contributed by atoms with Crippen LogP contribution in [0.1, 0.15) is 24.2 Å². The number of hydrogen-bond acceptors (Lipinski definition) is 8. The van der Waals surface area contributed by atoms with Gasteiger partial charge in [0.05, 0.1) is 12.2 Å². The molecule has 3 aromatic carbocycles. The van der Waals surface area contributed by atoms with Gasteiger partial charge in [0.25, 0.3) is 5.91 Å². The molecule has 1 aliphatic rings. The first-order chi connectivity index (χ1) is 17.5. The Morgan fingerprint density at radius 2 is 1.67 bits per heavy atom. The van der Waals surface area contributed by atoms with Crippen molar-refractivity contribution in [1.82, 2.24) is 0 Å². The van der Waals surface area contributed by atoms with E-state index in [1.54, 1.807) is 30.3 Å². The Hall–Kier alpha value is -4.40. The van der Waals surface area contributed by atoms with Crippen LogP contribution in [0.4, 0.5) is 5.69 Å². The maximum Gasteiger partial charge on any atom is 0.339 e. The number of nitrogens with one attached hydrogen (secondary N) is 1. The topological polar surface area (TPSA) is 102 Å². The second-order valence-corrected chi connectivity index (χ2v) is 7.71. The number of ether oxygens (including phenoxy) is 6. The fourth-order valence-electron chi connectivity index (χ4n) is 3.35. The summed E-state index contributed by atoms with van der Waals surface area (Å²) >= 11 is 0. The first-order valence-corrected chi connectivity index (χ1v) is 11.5. The van der Waals surface area contributed by atoms with Gasteiger partial charge in [-0.15, -0.1) is 0 Å². The fraction of sp³-hybridized carbons (Fsp3) is 0.259. The molecular formula is C27H27NO8. The number of fused-ring (bicyclic) bond motifs is 1. The van der Waals surface area contributed by atoms with E-state index in [-0.39, 0.29) is 19.0 Å². The van der Waals surface area contributed by atoms with E-state index in [9.17, 15) is 9.59 Å². The first kappa shape index (κ1) is 24.7. The fourth-order valence-corrected chi connectivity index (χ4v) is 3.35. The van der Waals surface area contributed by atoms with Gasteiger partial charge in [0.15, 0.2) is 29.1 Å². The van der Waals surface area contributed by atoms with Crippen LogP contribution in [-0.2, 0) is 9.53 Å². The minimum atomic E-state index is -1.04. The van der Waals surface area contributed by atoms with Crippen LogP contribution in [0, 0.1) is 0 Å². The molecule has 0 aliphatic carbocycles. The molecule has 188 valence electrons. The van der Waals surface area contributed by atoms with Crippen molar-refractivity contribution >= 4 is 17.6 Å². The van der Waals surface area contributed by atoms with E-state index in [4.69, 9.17) is 28.4 Å². The molecule has 0 saturated carbocycles. The molecule has 9 nitrogen and oxygen atoms in total. The molecule has 1 unspecified atom stereocenters. The number of esters is 1. The van der Waals surface area contributed by atoms with Gasteiger partial charge in [0.2, 0.25) is 6.79 Å². The minimum absolute atomic E-state index is 0.135.